The molecule has 0 aromatic heterocycles. The standard InChI is InChI=1S/C9H14BrNO2/c10-3-9(12)11-8-5-13-4-7(8)6-1-2-6/h6-8H,1-5H2,(H,11,12). The molecule has 13 heavy (non-hydrogen) atoms. The summed E-state index contributed by atoms with van der Waals surface area (Å²) >= 11 is 3.14. The largest absolute Gasteiger partial charge is 0.379 e. The van der Waals surface area contributed by atoms with Crippen LogP contribution in [0.1, 0.15) is 12.8 Å². The van der Waals surface area contributed by atoms with Crippen LogP contribution in [0, 0.1) is 11.8 Å². The van der Waals surface area contributed by atoms with Gasteiger partial charge in [-0.25, -0.2) is 0 Å². The summed E-state index contributed by atoms with van der Waals surface area (Å²) in [4.78, 5) is 11.1. The van der Waals surface area contributed by atoms with Gasteiger partial charge in [-0.15, -0.1) is 0 Å². The van der Waals surface area contributed by atoms with E-state index in [1.54, 1.807) is 0 Å². The minimum atomic E-state index is 0.0705. The van der Waals surface area contributed by atoms with Crippen LogP contribution in [0.25, 0.3) is 0 Å². The minimum absolute atomic E-state index is 0.0705. The average molecular weight is 248 g/mol. The van der Waals surface area contributed by atoms with E-state index < -0.39 is 0 Å². The fourth-order valence-corrected chi connectivity index (χ4v) is 2.12. The highest BCUT2D eigenvalue weighted by Gasteiger charge is 2.40. The molecule has 1 saturated heterocycles. The molecule has 1 aliphatic carbocycles. The molecular weight excluding hydrogens is 234 g/mol. The third-order valence-corrected chi connectivity index (χ3v) is 3.33. The van der Waals surface area contributed by atoms with Crippen molar-refractivity contribution in [1.29, 1.82) is 0 Å². The Morgan fingerprint density at radius 3 is 2.85 bits per heavy atom. The Balaban J connectivity index is 1.85. The molecule has 0 aromatic carbocycles. The molecular formula is C9H14BrNO2. The van der Waals surface area contributed by atoms with Crippen LogP contribution in [0.5, 0.6) is 0 Å². The molecule has 2 aliphatic rings. The number of carbonyl (C=O) groups is 1. The van der Waals surface area contributed by atoms with Crippen LogP contribution < -0.4 is 5.32 Å². The first-order chi connectivity index (χ1) is 6.31. The molecule has 2 unspecified atom stereocenters. The summed E-state index contributed by atoms with van der Waals surface area (Å²) in [5, 5.41) is 3.38. The summed E-state index contributed by atoms with van der Waals surface area (Å²) in [6.07, 6.45) is 2.63. The maximum Gasteiger partial charge on any atom is 0.230 e. The third-order valence-electron chi connectivity index (χ3n) is 2.82. The lowest BCUT2D eigenvalue weighted by atomic mass is 9.98. The Hall–Kier alpha value is -0.0900. The van der Waals surface area contributed by atoms with Gasteiger partial charge >= 0.3 is 0 Å². The van der Waals surface area contributed by atoms with Crippen molar-refractivity contribution in [1.82, 2.24) is 5.32 Å². The van der Waals surface area contributed by atoms with Gasteiger partial charge in [-0.3, -0.25) is 4.79 Å². The summed E-state index contributed by atoms with van der Waals surface area (Å²) in [5.74, 6) is 1.45. The summed E-state index contributed by atoms with van der Waals surface area (Å²) in [5.41, 5.74) is 0. The highest BCUT2D eigenvalue weighted by molar-refractivity contribution is 9.09. The first-order valence-electron chi connectivity index (χ1n) is 4.74. The van der Waals surface area contributed by atoms with Gasteiger partial charge in [0.2, 0.25) is 5.91 Å². The van der Waals surface area contributed by atoms with E-state index in [1.165, 1.54) is 12.8 Å². The van der Waals surface area contributed by atoms with Gasteiger partial charge in [-0.1, -0.05) is 15.9 Å². The number of hydrogen-bond donors (Lipinski definition) is 1. The van der Waals surface area contributed by atoms with E-state index >= 15 is 0 Å². The smallest absolute Gasteiger partial charge is 0.230 e. The van der Waals surface area contributed by atoms with Gasteiger partial charge in [-0.2, -0.15) is 0 Å². The summed E-state index contributed by atoms with van der Waals surface area (Å²) in [7, 11) is 0. The number of rotatable bonds is 3. The molecule has 1 heterocycles. The average Bonchev–Trinajstić information content (AvgIpc) is 2.88. The van der Waals surface area contributed by atoms with E-state index in [4.69, 9.17) is 4.74 Å². The lowest BCUT2D eigenvalue weighted by molar-refractivity contribution is -0.119. The number of alkyl halides is 1. The van der Waals surface area contributed by atoms with E-state index in [-0.39, 0.29) is 11.9 Å². The fraction of sp³-hybridized carbons (Fsp3) is 0.889. The van der Waals surface area contributed by atoms with Crippen LogP contribution in [-0.2, 0) is 9.53 Å². The zero-order valence-corrected chi connectivity index (χ0v) is 9.05. The highest BCUT2D eigenvalue weighted by Crippen LogP contribution is 2.40. The number of nitrogens with one attached hydrogen (secondary N) is 1. The Kier molecular flexibility index (Phi) is 2.89. The molecule has 0 radical (unpaired) electrons. The number of carbonyl (C=O) groups excluding carboxylic acids is 1. The van der Waals surface area contributed by atoms with Gasteiger partial charge in [0.05, 0.1) is 24.6 Å². The van der Waals surface area contributed by atoms with E-state index in [1.807, 2.05) is 0 Å². The van der Waals surface area contributed by atoms with E-state index in [9.17, 15) is 4.79 Å². The molecule has 1 saturated carbocycles. The Morgan fingerprint density at radius 1 is 1.46 bits per heavy atom. The normalized spacial score (nSPS) is 33.3. The highest BCUT2D eigenvalue weighted by atomic mass is 79.9. The SMILES string of the molecule is O=C(CBr)NC1COCC1C1CC1. The second-order valence-corrected chi connectivity index (χ2v) is 4.41. The fourth-order valence-electron chi connectivity index (χ4n) is 1.95. The maximum atomic E-state index is 11.1. The van der Waals surface area contributed by atoms with Crippen molar-refractivity contribution in [3.63, 3.8) is 0 Å². The molecule has 2 atom stereocenters. The lowest BCUT2D eigenvalue weighted by Crippen LogP contribution is -2.41. The minimum Gasteiger partial charge on any atom is -0.379 e. The van der Waals surface area contributed by atoms with Gasteiger partial charge in [0.15, 0.2) is 0 Å². The van der Waals surface area contributed by atoms with Crippen LogP contribution in [0.3, 0.4) is 0 Å². The summed E-state index contributed by atoms with van der Waals surface area (Å²) in [6.45, 7) is 1.53. The predicted octanol–water partition coefficient (Wildman–Crippen LogP) is 0.922. The van der Waals surface area contributed by atoms with E-state index in [0.717, 1.165) is 12.5 Å². The van der Waals surface area contributed by atoms with E-state index in [2.05, 4.69) is 21.2 Å². The second-order valence-electron chi connectivity index (χ2n) is 3.85. The van der Waals surface area contributed by atoms with Crippen molar-refractivity contribution in [3.8, 4) is 0 Å². The zero-order chi connectivity index (χ0) is 9.26. The van der Waals surface area contributed by atoms with Crippen molar-refractivity contribution in [3.05, 3.63) is 0 Å². The van der Waals surface area contributed by atoms with Gasteiger partial charge in [0.1, 0.15) is 0 Å². The monoisotopic (exact) mass is 247 g/mol. The molecule has 0 bridgehead atoms. The van der Waals surface area contributed by atoms with Crippen LogP contribution >= 0.6 is 15.9 Å². The molecule has 1 amide bonds. The van der Waals surface area contributed by atoms with E-state index in [0.29, 0.717) is 17.9 Å². The van der Waals surface area contributed by atoms with Gasteiger partial charge in [-0.05, 0) is 18.8 Å². The molecule has 0 spiro atoms. The topological polar surface area (TPSA) is 38.3 Å². The number of hydrogen-bond acceptors (Lipinski definition) is 2. The van der Waals surface area contributed by atoms with Crippen molar-refractivity contribution in [2.75, 3.05) is 18.5 Å². The molecule has 2 rings (SSSR count). The molecule has 3 nitrogen and oxygen atoms in total. The maximum absolute atomic E-state index is 11.1. The molecule has 2 fully saturated rings. The summed E-state index contributed by atoms with van der Waals surface area (Å²) in [6, 6.07) is 0.262. The van der Waals surface area contributed by atoms with Crippen molar-refractivity contribution < 1.29 is 9.53 Å². The molecule has 1 aliphatic heterocycles. The Labute approximate surface area is 86.3 Å². The Bertz CT molecular complexity index is 206. The number of halogens is 1. The number of amides is 1. The lowest BCUT2D eigenvalue weighted by Gasteiger charge is -2.17. The number of ether oxygens (including phenoxy) is 1. The third kappa shape index (κ3) is 2.23. The molecule has 1 N–H and O–H groups in total. The Morgan fingerprint density at radius 2 is 2.23 bits per heavy atom. The van der Waals surface area contributed by atoms with Crippen LogP contribution in [0.4, 0.5) is 0 Å². The van der Waals surface area contributed by atoms with Crippen LogP contribution in [0.2, 0.25) is 0 Å². The van der Waals surface area contributed by atoms with Crippen LogP contribution in [0.15, 0.2) is 0 Å². The van der Waals surface area contributed by atoms with Crippen molar-refractivity contribution in [2.45, 2.75) is 18.9 Å². The predicted molar refractivity (Wildman–Crippen MR) is 52.8 cm³/mol. The first-order valence-corrected chi connectivity index (χ1v) is 5.86. The first kappa shape index (κ1) is 9.46. The van der Waals surface area contributed by atoms with Gasteiger partial charge < -0.3 is 10.1 Å². The van der Waals surface area contributed by atoms with Crippen molar-refractivity contribution >= 4 is 21.8 Å². The molecule has 74 valence electrons. The molecule has 0 aromatic rings. The van der Waals surface area contributed by atoms with Gasteiger partial charge in [0, 0.05) is 5.92 Å². The quantitative estimate of drug-likeness (QED) is 0.754. The van der Waals surface area contributed by atoms with Crippen LogP contribution in [-0.4, -0.2) is 30.5 Å². The zero-order valence-electron chi connectivity index (χ0n) is 7.46. The molecule has 4 heteroatoms. The second kappa shape index (κ2) is 3.96. The van der Waals surface area contributed by atoms with Crippen molar-refractivity contribution in [2.24, 2.45) is 11.8 Å². The van der Waals surface area contributed by atoms with Gasteiger partial charge in [0.25, 0.3) is 0 Å². The summed E-state index contributed by atoms with van der Waals surface area (Å²) < 4.78 is 5.39.